The van der Waals surface area contributed by atoms with E-state index >= 15 is 0 Å². The molecule has 0 aliphatic heterocycles. The number of aliphatic hydroxyl groups excluding tert-OH is 1. The van der Waals surface area contributed by atoms with Crippen molar-refractivity contribution in [3.8, 4) is 10.4 Å². The highest BCUT2D eigenvalue weighted by Crippen LogP contribution is 2.33. The second kappa shape index (κ2) is 6.30. The molecule has 0 saturated carbocycles. The first-order chi connectivity index (χ1) is 9.93. The summed E-state index contributed by atoms with van der Waals surface area (Å²) in [5.74, 6) is -0.791. The number of carbonyl (C=O) groups excluding carboxylic acids is 1. The van der Waals surface area contributed by atoms with E-state index in [0.717, 1.165) is 5.06 Å². The van der Waals surface area contributed by atoms with Crippen molar-refractivity contribution in [1.82, 2.24) is 10.0 Å². The van der Waals surface area contributed by atoms with Crippen LogP contribution in [-0.4, -0.2) is 35.2 Å². The molecule has 1 amide bonds. The molecule has 1 N–H and O–H groups in total. The van der Waals surface area contributed by atoms with Gasteiger partial charge >= 0.3 is 0 Å². The molecular weight excluding hydrogens is 295 g/mol. The van der Waals surface area contributed by atoms with Crippen molar-refractivity contribution in [3.05, 3.63) is 40.8 Å². The van der Waals surface area contributed by atoms with E-state index in [1.807, 2.05) is 0 Å². The number of carbonyl (C=O) groups is 1. The lowest BCUT2D eigenvalue weighted by Gasteiger charge is -2.12. The Bertz CT molecular complexity index is 640. The van der Waals surface area contributed by atoms with Gasteiger partial charge in [0.1, 0.15) is 22.6 Å². The quantitative estimate of drug-likeness (QED) is 0.882. The molecular formula is C14H15FN2O3S. The van der Waals surface area contributed by atoms with Gasteiger partial charge in [-0.1, -0.05) is 12.1 Å². The molecule has 0 radical (unpaired) electrons. The van der Waals surface area contributed by atoms with E-state index < -0.39 is 12.0 Å². The number of halogens is 1. The number of aromatic nitrogens is 1. The highest BCUT2D eigenvalue weighted by molar-refractivity contribution is 7.15. The van der Waals surface area contributed by atoms with Crippen LogP contribution in [0.3, 0.4) is 0 Å². The maximum atomic E-state index is 13.0. The fourth-order valence-corrected chi connectivity index (χ4v) is 2.69. The summed E-state index contributed by atoms with van der Waals surface area (Å²) in [5, 5.41) is 11.1. The van der Waals surface area contributed by atoms with Crippen LogP contribution in [0.5, 0.6) is 0 Å². The number of nitrogens with zero attached hydrogens (tertiary/aromatic N) is 2. The van der Waals surface area contributed by atoms with Crippen molar-refractivity contribution in [2.45, 2.75) is 13.0 Å². The zero-order valence-corrected chi connectivity index (χ0v) is 12.6. The van der Waals surface area contributed by atoms with E-state index in [1.165, 1.54) is 37.6 Å². The molecule has 0 bridgehead atoms. The maximum absolute atomic E-state index is 13.0. The Balaban J connectivity index is 2.52. The Kier molecular flexibility index (Phi) is 4.66. The Morgan fingerprint density at radius 3 is 2.57 bits per heavy atom. The molecule has 1 aromatic carbocycles. The molecule has 7 heteroatoms. The lowest BCUT2D eigenvalue weighted by Crippen LogP contribution is -2.26. The van der Waals surface area contributed by atoms with Crippen LogP contribution in [0.2, 0.25) is 0 Å². The van der Waals surface area contributed by atoms with Gasteiger partial charge in [0.25, 0.3) is 5.91 Å². The number of hydroxylamine groups is 2. The molecule has 112 valence electrons. The number of hydrogen-bond donors (Lipinski definition) is 1. The van der Waals surface area contributed by atoms with Crippen LogP contribution in [0.25, 0.3) is 10.4 Å². The zero-order valence-electron chi connectivity index (χ0n) is 11.8. The number of thiazole rings is 1. The molecule has 21 heavy (non-hydrogen) atoms. The van der Waals surface area contributed by atoms with E-state index in [2.05, 4.69) is 4.98 Å². The van der Waals surface area contributed by atoms with Crippen LogP contribution >= 0.6 is 11.3 Å². The predicted octanol–water partition coefficient (Wildman–Crippen LogP) is 2.64. The van der Waals surface area contributed by atoms with E-state index in [9.17, 15) is 14.3 Å². The average molecular weight is 310 g/mol. The first kappa shape index (κ1) is 15.6. The molecule has 1 aromatic heterocycles. The van der Waals surface area contributed by atoms with Crippen molar-refractivity contribution in [3.63, 3.8) is 0 Å². The summed E-state index contributed by atoms with van der Waals surface area (Å²) in [6, 6.07) is 5.76. The summed E-state index contributed by atoms with van der Waals surface area (Å²) in [6.07, 6.45) is -0.788. The molecule has 0 fully saturated rings. The van der Waals surface area contributed by atoms with E-state index in [4.69, 9.17) is 4.84 Å². The lowest BCUT2D eigenvalue weighted by molar-refractivity contribution is -0.0759. The molecule has 0 spiro atoms. The monoisotopic (exact) mass is 310 g/mol. The van der Waals surface area contributed by atoms with Gasteiger partial charge < -0.3 is 5.11 Å². The number of aliphatic hydroxyl groups is 1. The van der Waals surface area contributed by atoms with Gasteiger partial charge in [0.05, 0.1) is 12.0 Å². The maximum Gasteiger partial charge on any atom is 0.297 e. The predicted molar refractivity (Wildman–Crippen MR) is 77.2 cm³/mol. The van der Waals surface area contributed by atoms with Gasteiger partial charge in [-0.25, -0.2) is 14.4 Å². The van der Waals surface area contributed by atoms with Gasteiger partial charge in [-0.2, -0.15) is 0 Å². The Morgan fingerprint density at radius 1 is 1.43 bits per heavy atom. The van der Waals surface area contributed by atoms with Crippen LogP contribution < -0.4 is 0 Å². The smallest absolute Gasteiger partial charge is 0.297 e. The molecule has 5 nitrogen and oxygen atoms in total. The molecule has 0 aliphatic rings. The molecule has 0 aliphatic carbocycles. The number of hydrogen-bond acceptors (Lipinski definition) is 5. The van der Waals surface area contributed by atoms with Gasteiger partial charge in [-0.3, -0.25) is 9.63 Å². The normalized spacial score (nSPS) is 12.2. The Morgan fingerprint density at radius 2 is 2.05 bits per heavy atom. The Labute approximate surface area is 125 Å². The highest BCUT2D eigenvalue weighted by atomic mass is 32.1. The average Bonchev–Trinajstić information content (AvgIpc) is 2.91. The summed E-state index contributed by atoms with van der Waals surface area (Å²) in [6.45, 7) is 1.57. The molecule has 1 heterocycles. The van der Waals surface area contributed by atoms with Gasteiger partial charge in [0.15, 0.2) is 0 Å². The topological polar surface area (TPSA) is 62.7 Å². The minimum Gasteiger partial charge on any atom is -0.386 e. The third-order valence-electron chi connectivity index (χ3n) is 2.87. The number of amides is 1. The Hall–Kier alpha value is -1.83. The number of rotatable bonds is 4. The lowest BCUT2D eigenvalue weighted by atomic mass is 10.1. The summed E-state index contributed by atoms with van der Waals surface area (Å²) >= 11 is 1.20. The number of benzene rings is 1. The van der Waals surface area contributed by atoms with Crippen LogP contribution in [-0.2, 0) is 4.84 Å². The zero-order chi connectivity index (χ0) is 15.6. The molecule has 0 unspecified atom stereocenters. The highest BCUT2D eigenvalue weighted by Gasteiger charge is 2.24. The van der Waals surface area contributed by atoms with Gasteiger partial charge in [-0.05, 0) is 24.6 Å². The summed E-state index contributed by atoms with van der Waals surface area (Å²) in [7, 11) is 2.84. The van der Waals surface area contributed by atoms with Gasteiger partial charge in [0, 0.05) is 7.05 Å². The summed E-state index contributed by atoms with van der Waals surface area (Å²) in [5.41, 5.74) is 0.834. The third-order valence-corrected chi connectivity index (χ3v) is 4.14. The van der Waals surface area contributed by atoms with E-state index in [0.29, 0.717) is 15.4 Å². The van der Waals surface area contributed by atoms with Crippen LogP contribution in [0, 0.1) is 5.82 Å². The summed E-state index contributed by atoms with van der Waals surface area (Å²) < 4.78 is 13.0. The van der Waals surface area contributed by atoms with Crippen molar-refractivity contribution in [1.29, 1.82) is 0 Å². The van der Waals surface area contributed by atoms with Crippen molar-refractivity contribution >= 4 is 17.2 Å². The van der Waals surface area contributed by atoms with Crippen LogP contribution in [0.1, 0.15) is 28.5 Å². The van der Waals surface area contributed by atoms with Crippen molar-refractivity contribution in [2.75, 3.05) is 14.2 Å². The molecule has 2 rings (SSSR count). The second-order valence-electron chi connectivity index (χ2n) is 4.40. The van der Waals surface area contributed by atoms with E-state index in [1.54, 1.807) is 19.1 Å². The summed E-state index contributed by atoms with van der Waals surface area (Å²) in [4.78, 5) is 21.9. The SMILES string of the molecule is CON(C)C(=O)c1nc([C@H](C)O)sc1-c1ccc(F)cc1. The molecule has 2 aromatic rings. The fourth-order valence-electron chi connectivity index (χ4n) is 1.69. The van der Waals surface area contributed by atoms with Crippen LogP contribution in [0.15, 0.2) is 24.3 Å². The van der Waals surface area contributed by atoms with Gasteiger partial charge in [-0.15, -0.1) is 11.3 Å². The standard InChI is InChI=1S/C14H15FN2O3S/c1-8(18)13-16-11(14(19)17(2)20-3)12(21-13)9-4-6-10(15)7-5-9/h4-8,18H,1-3H3/t8-/m0/s1. The third kappa shape index (κ3) is 3.26. The molecule has 1 atom stereocenters. The second-order valence-corrected chi connectivity index (χ2v) is 5.43. The minimum atomic E-state index is -0.788. The van der Waals surface area contributed by atoms with Crippen molar-refractivity contribution < 1.29 is 19.1 Å². The van der Waals surface area contributed by atoms with Gasteiger partial charge in [0.2, 0.25) is 0 Å². The first-order valence-electron chi connectivity index (χ1n) is 6.21. The fraction of sp³-hybridized carbons (Fsp3) is 0.286. The van der Waals surface area contributed by atoms with Crippen molar-refractivity contribution in [2.24, 2.45) is 0 Å². The van der Waals surface area contributed by atoms with E-state index in [-0.39, 0.29) is 11.5 Å². The minimum absolute atomic E-state index is 0.173. The molecule has 0 saturated heterocycles. The largest absolute Gasteiger partial charge is 0.386 e. The van der Waals surface area contributed by atoms with Crippen LogP contribution in [0.4, 0.5) is 4.39 Å². The first-order valence-corrected chi connectivity index (χ1v) is 7.02.